The zero-order valence-corrected chi connectivity index (χ0v) is 19.6. The van der Waals surface area contributed by atoms with E-state index in [1.165, 1.54) is 6.08 Å². The van der Waals surface area contributed by atoms with E-state index in [4.69, 9.17) is 0 Å². The number of aromatic hydroxyl groups is 1. The van der Waals surface area contributed by atoms with Gasteiger partial charge < -0.3 is 5.11 Å². The summed E-state index contributed by atoms with van der Waals surface area (Å²) in [5.41, 5.74) is -0.354. The second kappa shape index (κ2) is 8.28. The van der Waals surface area contributed by atoms with Crippen LogP contribution in [0.4, 0.5) is 13.2 Å². The maximum atomic E-state index is 12.9. The number of phenols is 1. The van der Waals surface area contributed by atoms with Crippen LogP contribution in [0.15, 0.2) is 46.2 Å². The van der Waals surface area contributed by atoms with Gasteiger partial charge in [-0.1, -0.05) is 41.5 Å². The van der Waals surface area contributed by atoms with Crippen LogP contribution in [0.2, 0.25) is 0 Å². The molecule has 0 bridgehead atoms. The summed E-state index contributed by atoms with van der Waals surface area (Å²) < 4.78 is 64.3. The van der Waals surface area contributed by atoms with Crippen molar-refractivity contribution in [2.75, 3.05) is 0 Å². The molecule has 0 radical (unpaired) electrons. The maximum Gasteiger partial charge on any atom is 0.416 e. The van der Waals surface area contributed by atoms with Crippen molar-refractivity contribution in [1.82, 2.24) is 0 Å². The Hall–Kier alpha value is -2.79. The zero-order chi connectivity index (χ0) is 24.7. The molecule has 0 saturated carbocycles. The number of hydrogen-bond acceptors (Lipinski definition) is 4. The van der Waals surface area contributed by atoms with Gasteiger partial charge in [-0.05, 0) is 58.9 Å². The van der Waals surface area contributed by atoms with Crippen molar-refractivity contribution >= 4 is 15.9 Å². The average Bonchev–Trinajstić information content (AvgIpc) is 2.64. The predicted molar refractivity (Wildman–Crippen MR) is 118 cm³/mol. The Morgan fingerprint density at radius 2 is 1.38 bits per heavy atom. The monoisotopic (exact) mass is 465 g/mol. The molecule has 0 spiro atoms. The summed E-state index contributed by atoms with van der Waals surface area (Å²) in [5.74, 6) is 0.103. The van der Waals surface area contributed by atoms with Crippen LogP contribution < -0.4 is 0 Å². The smallest absolute Gasteiger partial charge is 0.416 e. The van der Waals surface area contributed by atoms with Gasteiger partial charge in [0.05, 0.1) is 10.5 Å². The Labute approximate surface area is 186 Å². The molecule has 4 nitrogen and oxygen atoms in total. The Morgan fingerprint density at radius 1 is 0.938 bits per heavy atom. The molecule has 172 valence electrons. The number of rotatable bonds is 3. The summed E-state index contributed by atoms with van der Waals surface area (Å²) in [4.78, 5) is -1.02. The van der Waals surface area contributed by atoms with Gasteiger partial charge in [-0.25, -0.2) is 8.42 Å². The number of sulfone groups is 1. The van der Waals surface area contributed by atoms with Crippen molar-refractivity contribution < 1.29 is 26.7 Å². The highest BCUT2D eigenvalue weighted by Gasteiger charge is 2.31. The summed E-state index contributed by atoms with van der Waals surface area (Å²) in [6.45, 7) is 11.4. The molecule has 0 aromatic heterocycles. The SMILES string of the molecule is CC(C)(C)c1cc(/C=C(/C#N)S(=O)(=O)c2ccc(C(F)(F)F)cc2)cc(C(C)(C)C)c1O. The summed E-state index contributed by atoms with van der Waals surface area (Å²) in [5, 5.41) is 20.4. The van der Waals surface area contributed by atoms with Crippen LogP contribution in [0.25, 0.3) is 6.08 Å². The lowest BCUT2D eigenvalue weighted by atomic mass is 9.78. The molecule has 1 N–H and O–H groups in total. The van der Waals surface area contributed by atoms with Crippen molar-refractivity contribution in [1.29, 1.82) is 5.26 Å². The third-order valence-electron chi connectivity index (χ3n) is 4.94. The minimum atomic E-state index is -4.60. The van der Waals surface area contributed by atoms with Gasteiger partial charge in [0.2, 0.25) is 9.84 Å². The fraction of sp³-hybridized carbons (Fsp3) is 0.375. The van der Waals surface area contributed by atoms with Crippen molar-refractivity contribution in [3.63, 3.8) is 0 Å². The van der Waals surface area contributed by atoms with Gasteiger partial charge in [0.25, 0.3) is 0 Å². The van der Waals surface area contributed by atoms with Crippen LogP contribution in [0.5, 0.6) is 5.75 Å². The van der Waals surface area contributed by atoms with Gasteiger partial charge in [0, 0.05) is 11.1 Å². The topological polar surface area (TPSA) is 78.2 Å². The fourth-order valence-electron chi connectivity index (χ4n) is 3.15. The quantitative estimate of drug-likeness (QED) is 0.536. The largest absolute Gasteiger partial charge is 0.507 e. The van der Waals surface area contributed by atoms with Gasteiger partial charge in [0.1, 0.15) is 16.7 Å². The van der Waals surface area contributed by atoms with E-state index in [2.05, 4.69) is 0 Å². The van der Waals surface area contributed by atoms with Crippen LogP contribution in [0.3, 0.4) is 0 Å². The normalized spacial score (nSPS) is 13.7. The predicted octanol–water partition coefficient (Wildman–Crippen LogP) is 6.34. The Bertz CT molecular complexity index is 1150. The van der Waals surface area contributed by atoms with E-state index in [0.29, 0.717) is 28.8 Å². The first-order valence-corrected chi connectivity index (χ1v) is 11.3. The number of nitrogens with zero attached hydrogens (tertiary/aromatic N) is 1. The molecule has 0 saturated heterocycles. The van der Waals surface area contributed by atoms with E-state index in [1.807, 2.05) is 41.5 Å². The zero-order valence-electron chi connectivity index (χ0n) is 18.8. The lowest BCUT2D eigenvalue weighted by Crippen LogP contribution is -2.17. The number of nitriles is 1. The summed E-state index contributed by atoms with van der Waals surface area (Å²) in [6.07, 6.45) is -3.42. The van der Waals surface area contributed by atoms with Crippen molar-refractivity contribution in [3.8, 4) is 11.8 Å². The molecule has 2 aromatic rings. The highest BCUT2D eigenvalue weighted by Crippen LogP contribution is 2.40. The molecule has 0 atom stereocenters. The van der Waals surface area contributed by atoms with E-state index in [0.717, 1.165) is 12.1 Å². The first-order chi connectivity index (χ1) is 14.4. The third kappa shape index (κ3) is 5.33. The van der Waals surface area contributed by atoms with Crippen LogP contribution in [0.1, 0.15) is 63.8 Å². The van der Waals surface area contributed by atoms with E-state index in [-0.39, 0.29) is 5.75 Å². The van der Waals surface area contributed by atoms with E-state index < -0.39 is 42.2 Å². The van der Waals surface area contributed by atoms with Gasteiger partial charge in [0.15, 0.2) is 0 Å². The lowest BCUT2D eigenvalue weighted by Gasteiger charge is -2.28. The van der Waals surface area contributed by atoms with Crippen molar-refractivity contribution in [2.24, 2.45) is 0 Å². The number of benzene rings is 2. The summed E-state index contributed by atoms with van der Waals surface area (Å²) >= 11 is 0. The molecule has 8 heteroatoms. The van der Waals surface area contributed by atoms with Crippen LogP contribution >= 0.6 is 0 Å². The number of phenolic OH excluding ortho intramolecular Hbond substituents is 1. The van der Waals surface area contributed by atoms with E-state index >= 15 is 0 Å². The summed E-state index contributed by atoms with van der Waals surface area (Å²) in [6, 6.07) is 7.88. The second-order valence-electron chi connectivity index (χ2n) is 9.61. The molecule has 0 unspecified atom stereocenters. The molecular formula is C24H26F3NO3S. The van der Waals surface area contributed by atoms with Crippen LogP contribution in [-0.2, 0) is 26.8 Å². The molecule has 32 heavy (non-hydrogen) atoms. The van der Waals surface area contributed by atoms with Crippen molar-refractivity contribution in [2.45, 2.75) is 63.4 Å². The highest BCUT2D eigenvalue weighted by molar-refractivity contribution is 7.95. The Balaban J connectivity index is 2.68. The summed E-state index contributed by atoms with van der Waals surface area (Å²) in [7, 11) is -4.35. The van der Waals surface area contributed by atoms with E-state index in [9.17, 15) is 32.0 Å². The third-order valence-corrected chi connectivity index (χ3v) is 6.62. The molecule has 0 amide bonds. The Morgan fingerprint density at radius 3 is 1.72 bits per heavy atom. The number of halogens is 3. The van der Waals surface area contributed by atoms with E-state index in [1.54, 1.807) is 18.2 Å². The maximum absolute atomic E-state index is 12.9. The number of allylic oxidation sites excluding steroid dienone is 1. The Kier molecular flexibility index (Phi) is 6.59. The molecule has 2 rings (SSSR count). The molecule has 2 aromatic carbocycles. The van der Waals surface area contributed by atoms with Crippen LogP contribution in [0, 0.1) is 11.3 Å². The van der Waals surface area contributed by atoms with Crippen molar-refractivity contribution in [3.05, 3.63) is 63.6 Å². The fourth-order valence-corrected chi connectivity index (χ4v) is 4.31. The van der Waals surface area contributed by atoms with Gasteiger partial charge in [-0.15, -0.1) is 0 Å². The second-order valence-corrected chi connectivity index (χ2v) is 11.5. The number of alkyl halides is 3. The highest BCUT2D eigenvalue weighted by atomic mass is 32.2. The van der Waals surface area contributed by atoms with Gasteiger partial charge >= 0.3 is 6.18 Å². The first kappa shape index (κ1) is 25.5. The number of hydrogen-bond donors (Lipinski definition) is 1. The molecule has 0 heterocycles. The minimum Gasteiger partial charge on any atom is -0.507 e. The first-order valence-electron chi connectivity index (χ1n) is 9.81. The molecule has 0 aliphatic heterocycles. The van der Waals surface area contributed by atoms with Gasteiger partial charge in [-0.2, -0.15) is 18.4 Å². The average molecular weight is 466 g/mol. The van der Waals surface area contributed by atoms with Gasteiger partial charge in [-0.3, -0.25) is 0 Å². The lowest BCUT2D eigenvalue weighted by molar-refractivity contribution is -0.137. The molecular weight excluding hydrogens is 439 g/mol. The standard InChI is InChI=1S/C24H26F3NO3S/c1-22(2,3)19-12-15(13-20(21(19)29)23(4,5)6)11-18(14-28)32(30,31)17-9-7-16(8-10-17)24(25,26)27/h7-13,29H,1-6H3/b18-11-. The van der Waals surface area contributed by atoms with Crippen LogP contribution in [-0.4, -0.2) is 13.5 Å². The molecule has 0 fully saturated rings. The molecule has 0 aliphatic carbocycles. The minimum absolute atomic E-state index is 0.103. The molecule has 0 aliphatic rings.